The summed E-state index contributed by atoms with van der Waals surface area (Å²) in [5.74, 6) is -5.19. The van der Waals surface area contributed by atoms with Crippen LogP contribution in [0.5, 0.6) is 11.5 Å². The largest absolute Gasteiger partial charge is 0.461 e. The molecule has 3 atom stereocenters. The molecule has 0 aliphatic heterocycles. The Labute approximate surface area is 415 Å². The van der Waals surface area contributed by atoms with E-state index in [0.717, 1.165) is 46.7 Å². The molecule has 0 saturated heterocycles. The van der Waals surface area contributed by atoms with E-state index in [2.05, 4.69) is 41.8 Å². The van der Waals surface area contributed by atoms with Gasteiger partial charge in [0.15, 0.2) is 12.2 Å². The van der Waals surface area contributed by atoms with Crippen molar-refractivity contribution in [3.05, 3.63) is 182 Å². The Bertz CT molecular complexity index is 2850. The van der Waals surface area contributed by atoms with Gasteiger partial charge in [0, 0.05) is 47.6 Å². The first-order valence-electron chi connectivity index (χ1n) is 21.3. The second-order valence-corrected chi connectivity index (χ2v) is 15.4. The molecule has 2 N–H and O–H groups in total. The van der Waals surface area contributed by atoms with E-state index in [4.69, 9.17) is 37.9 Å². The summed E-state index contributed by atoms with van der Waals surface area (Å²) in [5, 5.41) is 15.9. The Morgan fingerprint density at radius 1 is 0.639 bits per heavy atom. The molecule has 1 heterocycles. The molecule has 0 spiro atoms. The average Bonchev–Trinajstić information content (AvgIpc) is 3.82. The van der Waals surface area contributed by atoms with Gasteiger partial charge in [-0.25, -0.2) is 38.5 Å². The van der Waals surface area contributed by atoms with Crippen LogP contribution in [-0.4, -0.2) is 96.7 Å². The highest BCUT2D eigenvalue weighted by atomic mass is 32.1. The third-order valence-electron chi connectivity index (χ3n) is 9.16. The number of esters is 7. The lowest BCUT2D eigenvalue weighted by molar-refractivity contribution is -0.160. The number of para-hydroxylation sites is 1. The smallest absolute Gasteiger partial charge is 0.343 e. The number of benzene rings is 4. The number of nitrogens with one attached hydrogen (secondary N) is 1. The van der Waals surface area contributed by atoms with Crippen molar-refractivity contribution in [1.29, 1.82) is 0 Å². The second-order valence-electron chi connectivity index (χ2n) is 14.3. The molecule has 20 heteroatoms. The predicted molar refractivity (Wildman–Crippen MR) is 263 cm³/mol. The van der Waals surface area contributed by atoms with Gasteiger partial charge in [-0.15, -0.1) is 0 Å². The van der Waals surface area contributed by atoms with Crippen molar-refractivity contribution in [2.45, 2.75) is 18.5 Å². The van der Waals surface area contributed by atoms with Gasteiger partial charge in [-0.2, -0.15) is 5.10 Å². The Morgan fingerprint density at radius 2 is 1.15 bits per heavy atom. The fourth-order valence-electron chi connectivity index (χ4n) is 5.63. The Balaban J connectivity index is 1.22. The summed E-state index contributed by atoms with van der Waals surface area (Å²) in [5.41, 5.74) is 5.50. The third kappa shape index (κ3) is 17.7. The molecular formula is C52H45N3O16S. The number of hydrogen-bond donors (Lipinski definition) is 2. The van der Waals surface area contributed by atoms with Gasteiger partial charge < -0.3 is 43.0 Å². The minimum atomic E-state index is -1.47. The van der Waals surface area contributed by atoms with Crippen molar-refractivity contribution in [1.82, 2.24) is 4.98 Å². The normalized spacial score (nSPS) is 12.2. The topological polar surface area (TPSA) is 251 Å². The van der Waals surface area contributed by atoms with Crippen LogP contribution in [0.25, 0.3) is 22.4 Å². The van der Waals surface area contributed by atoms with Crippen LogP contribution >= 0.6 is 11.3 Å². The van der Waals surface area contributed by atoms with E-state index in [1.54, 1.807) is 36.4 Å². The maximum Gasteiger partial charge on any atom is 0.343 e. The molecule has 0 radical (unpaired) electrons. The zero-order valence-corrected chi connectivity index (χ0v) is 38.9. The Hall–Kier alpha value is -9.27. The number of rotatable bonds is 26. The Morgan fingerprint density at radius 3 is 1.68 bits per heavy atom. The summed E-state index contributed by atoms with van der Waals surface area (Å²) in [6, 6.07) is 24.4. The van der Waals surface area contributed by atoms with Crippen LogP contribution in [0.2, 0.25) is 0 Å². The van der Waals surface area contributed by atoms with E-state index < -0.39 is 73.5 Å². The van der Waals surface area contributed by atoms with Crippen LogP contribution < -0.4 is 14.9 Å². The van der Waals surface area contributed by atoms with Gasteiger partial charge in [0.25, 0.3) is 0 Å². The maximum atomic E-state index is 13.4. The fourth-order valence-corrected chi connectivity index (χ4v) is 6.44. The highest BCUT2D eigenvalue weighted by molar-refractivity contribution is 7.22. The molecule has 5 aromatic rings. The summed E-state index contributed by atoms with van der Waals surface area (Å²) in [4.78, 5) is 88.9. The Kier molecular flexibility index (Phi) is 20.6. The van der Waals surface area contributed by atoms with Gasteiger partial charge in [-0.05, 0) is 65.7 Å². The van der Waals surface area contributed by atoms with Crippen molar-refractivity contribution in [3.8, 4) is 11.5 Å². The molecule has 0 amide bonds. The van der Waals surface area contributed by atoms with Crippen LogP contribution in [0.15, 0.2) is 159 Å². The number of nitrogens with zero attached hydrogens (tertiary/aromatic N) is 2. The molecule has 0 aliphatic carbocycles. The molecule has 19 nitrogen and oxygen atoms in total. The number of aliphatic hydroxyl groups is 1. The van der Waals surface area contributed by atoms with Crippen LogP contribution in [0, 0.1) is 0 Å². The fraction of sp³-hybridized carbons (Fsp3) is 0.135. The van der Waals surface area contributed by atoms with E-state index in [1.807, 2.05) is 24.3 Å². The van der Waals surface area contributed by atoms with Gasteiger partial charge in [-0.3, -0.25) is 5.43 Å². The second kappa shape index (κ2) is 27.7. The SMILES string of the molecule is C=CC(=O)OCC(COC(=O)/C=C/c1ccc(C(=O)Oc2ccc(OC(O)c3ccc(/C=C/C(=O)OCC(COC(=O)C=C)OC(=O)C=C)cc3)cc2/C=N/Nc2nc3ccccc3s2)cc1)OC(=O)C=C. The van der Waals surface area contributed by atoms with Gasteiger partial charge in [0.2, 0.25) is 11.4 Å². The van der Waals surface area contributed by atoms with Gasteiger partial charge in [0.1, 0.15) is 37.9 Å². The third-order valence-corrected chi connectivity index (χ3v) is 10.1. The highest BCUT2D eigenvalue weighted by Gasteiger charge is 2.20. The van der Waals surface area contributed by atoms with E-state index in [0.29, 0.717) is 21.8 Å². The van der Waals surface area contributed by atoms with Crippen molar-refractivity contribution < 1.29 is 76.6 Å². The maximum absolute atomic E-state index is 13.4. The van der Waals surface area contributed by atoms with Crippen molar-refractivity contribution >= 4 is 86.8 Å². The number of thiazole rings is 1. The molecule has 3 unspecified atom stereocenters. The number of carbonyl (C=O) groups excluding carboxylic acids is 7. The number of aliphatic hydroxyl groups excluding tert-OH is 1. The first-order valence-corrected chi connectivity index (χ1v) is 22.1. The quantitative estimate of drug-likeness (QED) is 0.0110. The van der Waals surface area contributed by atoms with E-state index in [9.17, 15) is 38.7 Å². The summed E-state index contributed by atoms with van der Waals surface area (Å²) in [6.07, 6.45) is 6.51. The number of anilines is 1. The monoisotopic (exact) mass is 999 g/mol. The van der Waals surface area contributed by atoms with Crippen LogP contribution in [0.1, 0.15) is 38.9 Å². The van der Waals surface area contributed by atoms with Gasteiger partial charge >= 0.3 is 41.8 Å². The number of fused-ring (bicyclic) bond motifs is 1. The lowest BCUT2D eigenvalue weighted by Gasteiger charge is -2.16. The molecular weight excluding hydrogens is 955 g/mol. The molecule has 0 saturated carbocycles. The van der Waals surface area contributed by atoms with Crippen molar-refractivity contribution in [2.75, 3.05) is 31.9 Å². The lowest BCUT2D eigenvalue weighted by atomic mass is 10.1. The minimum Gasteiger partial charge on any atom is -0.461 e. The molecule has 1 aromatic heterocycles. The summed E-state index contributed by atoms with van der Waals surface area (Å²) < 4.78 is 42.7. The highest BCUT2D eigenvalue weighted by Crippen LogP contribution is 2.29. The summed E-state index contributed by atoms with van der Waals surface area (Å²) in [7, 11) is 0. The van der Waals surface area contributed by atoms with Crippen LogP contribution in [0.4, 0.5) is 5.13 Å². The zero-order chi connectivity index (χ0) is 51.8. The molecule has 0 bridgehead atoms. The van der Waals surface area contributed by atoms with Crippen LogP contribution in [-0.2, 0) is 57.2 Å². The first kappa shape index (κ1) is 53.7. The molecule has 370 valence electrons. The van der Waals surface area contributed by atoms with Crippen molar-refractivity contribution in [2.24, 2.45) is 5.10 Å². The van der Waals surface area contributed by atoms with E-state index in [-0.39, 0.29) is 35.8 Å². The molecule has 0 fully saturated rings. The van der Waals surface area contributed by atoms with E-state index in [1.165, 1.54) is 60.0 Å². The zero-order valence-electron chi connectivity index (χ0n) is 38.1. The van der Waals surface area contributed by atoms with E-state index >= 15 is 0 Å². The number of ether oxygens (including phenoxy) is 8. The lowest BCUT2D eigenvalue weighted by Crippen LogP contribution is -2.29. The number of aromatic nitrogens is 1. The average molecular weight is 1000 g/mol. The van der Waals surface area contributed by atoms with Gasteiger partial charge in [-0.1, -0.05) is 86.2 Å². The number of hydrogen-bond acceptors (Lipinski definition) is 20. The molecule has 4 aromatic carbocycles. The predicted octanol–water partition coefficient (Wildman–Crippen LogP) is 6.80. The summed E-state index contributed by atoms with van der Waals surface area (Å²) in [6.45, 7) is 11.6. The molecule has 5 rings (SSSR count). The molecule has 72 heavy (non-hydrogen) atoms. The minimum absolute atomic E-state index is 0.0823. The van der Waals surface area contributed by atoms with Crippen molar-refractivity contribution in [3.63, 3.8) is 0 Å². The standard InChI is InChI=1S/C52H45N3O16S/c1-5-44(56)64-29-39(68-46(58)7-3)31-66-48(60)25-17-33-13-19-35(20-14-33)50(62)70-38-23-24-42(37(27-38)28-53-55-52-54-41-11-9-10-12-43(41)72-52)71-51(63)36-21-15-34(16-22-36)18-26-49(61)67-32-40(69-47(59)8-4)30-65-45(57)6-2/h5-28,39-40,50,62H,1-4,29-32H2,(H,54,55)/b25-17+,26-18+,53-28+. The number of carbonyl (C=O) groups is 7. The number of hydrazone groups is 1. The van der Waals surface area contributed by atoms with Crippen LogP contribution in [0.3, 0.4) is 0 Å². The molecule has 0 aliphatic rings. The first-order chi connectivity index (χ1) is 34.7. The van der Waals surface area contributed by atoms with Gasteiger partial charge in [0.05, 0.1) is 22.0 Å². The summed E-state index contributed by atoms with van der Waals surface area (Å²) >= 11 is 1.38.